The normalized spacial score (nSPS) is 21.8. The van der Waals surface area contributed by atoms with Crippen molar-refractivity contribution in [1.82, 2.24) is 0 Å². The van der Waals surface area contributed by atoms with Gasteiger partial charge in [0.1, 0.15) is 0 Å². The lowest BCUT2D eigenvalue weighted by atomic mass is 9.92. The maximum Gasteiger partial charge on any atom is 0.320 e. The van der Waals surface area contributed by atoms with Crippen LogP contribution in [0.25, 0.3) is 0 Å². The third-order valence-corrected chi connectivity index (χ3v) is 4.61. The first kappa shape index (κ1) is 14.9. The number of sulfone groups is 1. The van der Waals surface area contributed by atoms with Crippen molar-refractivity contribution in [2.45, 2.75) is 20.3 Å². The second kappa shape index (κ2) is 6.17. The zero-order valence-corrected chi connectivity index (χ0v) is 11.4. The van der Waals surface area contributed by atoms with Crippen molar-refractivity contribution in [1.29, 1.82) is 0 Å². The molecule has 1 atom stereocenters. The van der Waals surface area contributed by atoms with Crippen molar-refractivity contribution in [3.8, 4) is 0 Å². The van der Waals surface area contributed by atoms with Gasteiger partial charge in [-0.05, 0) is 26.2 Å². The molecule has 1 heterocycles. The molecule has 0 aliphatic carbocycles. The lowest BCUT2D eigenvalue weighted by molar-refractivity contribution is -0.163. The maximum absolute atomic E-state index is 11.7. The van der Waals surface area contributed by atoms with E-state index in [1.165, 1.54) is 0 Å². The number of hydrogen-bond acceptors (Lipinski definition) is 6. The highest BCUT2D eigenvalue weighted by Crippen LogP contribution is 2.28. The Morgan fingerprint density at radius 3 is 2.00 bits per heavy atom. The van der Waals surface area contributed by atoms with Crippen molar-refractivity contribution in [2.75, 3.05) is 24.7 Å². The smallest absolute Gasteiger partial charge is 0.320 e. The van der Waals surface area contributed by atoms with E-state index in [0.29, 0.717) is 6.42 Å². The first-order valence-electron chi connectivity index (χ1n) is 5.95. The molecule has 0 bridgehead atoms. The second-order valence-corrected chi connectivity index (χ2v) is 6.37. The van der Waals surface area contributed by atoms with Crippen LogP contribution in [-0.4, -0.2) is 45.1 Å². The van der Waals surface area contributed by atoms with Crippen LogP contribution < -0.4 is 0 Å². The van der Waals surface area contributed by atoms with Crippen LogP contribution in [0.2, 0.25) is 0 Å². The summed E-state index contributed by atoms with van der Waals surface area (Å²) < 4.78 is 32.4. The Morgan fingerprint density at radius 2 is 1.67 bits per heavy atom. The average Bonchev–Trinajstić information content (AvgIpc) is 2.59. The number of carbonyl (C=O) groups excluding carboxylic acids is 2. The van der Waals surface area contributed by atoms with Gasteiger partial charge in [0.2, 0.25) is 0 Å². The summed E-state index contributed by atoms with van der Waals surface area (Å²) in [6.07, 6.45) is 0.296. The van der Waals surface area contributed by atoms with Gasteiger partial charge in [0, 0.05) is 0 Å². The molecular formula is C11H18O6S. The van der Waals surface area contributed by atoms with Gasteiger partial charge in [0.25, 0.3) is 0 Å². The molecule has 0 N–H and O–H groups in total. The highest BCUT2D eigenvalue weighted by molar-refractivity contribution is 7.91. The molecule has 104 valence electrons. The van der Waals surface area contributed by atoms with E-state index in [1.807, 2.05) is 0 Å². The van der Waals surface area contributed by atoms with Gasteiger partial charge in [-0.1, -0.05) is 0 Å². The van der Waals surface area contributed by atoms with E-state index in [0.717, 1.165) is 0 Å². The summed E-state index contributed by atoms with van der Waals surface area (Å²) in [5.74, 6) is -3.20. The largest absolute Gasteiger partial charge is 0.465 e. The van der Waals surface area contributed by atoms with E-state index in [9.17, 15) is 18.0 Å². The first-order chi connectivity index (χ1) is 8.41. The predicted octanol–water partition coefficient (Wildman–Crippen LogP) is 0.164. The third kappa shape index (κ3) is 3.69. The highest BCUT2D eigenvalue weighted by atomic mass is 32.2. The Labute approximate surface area is 107 Å². The van der Waals surface area contributed by atoms with Gasteiger partial charge in [0.15, 0.2) is 15.8 Å². The molecule has 1 rings (SSSR count). The summed E-state index contributed by atoms with van der Waals surface area (Å²) in [4.78, 5) is 23.5. The van der Waals surface area contributed by atoms with Crippen molar-refractivity contribution in [2.24, 2.45) is 11.8 Å². The lowest BCUT2D eigenvalue weighted by Crippen LogP contribution is -2.35. The molecule has 1 aliphatic heterocycles. The van der Waals surface area contributed by atoms with Gasteiger partial charge in [-0.15, -0.1) is 0 Å². The monoisotopic (exact) mass is 278 g/mol. The highest BCUT2D eigenvalue weighted by Gasteiger charge is 2.43. The van der Waals surface area contributed by atoms with E-state index in [4.69, 9.17) is 9.47 Å². The molecule has 0 aromatic heterocycles. The maximum atomic E-state index is 11.7. The van der Waals surface area contributed by atoms with Crippen molar-refractivity contribution >= 4 is 21.8 Å². The Morgan fingerprint density at radius 1 is 1.17 bits per heavy atom. The molecule has 1 fully saturated rings. The minimum absolute atomic E-state index is 0.00692. The summed E-state index contributed by atoms with van der Waals surface area (Å²) in [5, 5.41) is 0. The molecule has 0 saturated carbocycles. The number of rotatable bonds is 5. The molecule has 0 radical (unpaired) electrons. The van der Waals surface area contributed by atoms with Crippen LogP contribution in [0, 0.1) is 11.8 Å². The molecule has 18 heavy (non-hydrogen) atoms. The van der Waals surface area contributed by atoms with Crippen LogP contribution >= 0.6 is 0 Å². The van der Waals surface area contributed by atoms with Crippen LogP contribution in [0.15, 0.2) is 0 Å². The minimum atomic E-state index is -3.15. The molecule has 1 aliphatic rings. The minimum Gasteiger partial charge on any atom is -0.465 e. The number of ether oxygens (including phenoxy) is 2. The van der Waals surface area contributed by atoms with Crippen LogP contribution in [0.1, 0.15) is 20.3 Å². The van der Waals surface area contributed by atoms with Gasteiger partial charge in [-0.25, -0.2) is 8.42 Å². The zero-order chi connectivity index (χ0) is 13.8. The lowest BCUT2D eigenvalue weighted by Gasteiger charge is -2.18. The fourth-order valence-corrected chi connectivity index (χ4v) is 3.87. The first-order valence-corrected chi connectivity index (χ1v) is 7.77. The van der Waals surface area contributed by atoms with E-state index < -0.39 is 33.6 Å². The summed E-state index contributed by atoms with van der Waals surface area (Å²) in [6, 6.07) is 0. The summed E-state index contributed by atoms with van der Waals surface area (Å²) in [6.45, 7) is 3.55. The molecular weight excluding hydrogens is 260 g/mol. The predicted molar refractivity (Wildman–Crippen MR) is 63.5 cm³/mol. The molecule has 0 spiro atoms. The molecule has 6 nitrogen and oxygen atoms in total. The summed E-state index contributed by atoms with van der Waals surface area (Å²) >= 11 is 0. The van der Waals surface area contributed by atoms with Crippen LogP contribution in [0.5, 0.6) is 0 Å². The molecule has 0 unspecified atom stereocenters. The average molecular weight is 278 g/mol. The van der Waals surface area contributed by atoms with E-state index in [1.54, 1.807) is 13.8 Å². The fourth-order valence-electron chi connectivity index (χ4n) is 2.03. The van der Waals surface area contributed by atoms with E-state index in [-0.39, 0.29) is 24.7 Å². The number of carbonyl (C=O) groups is 2. The van der Waals surface area contributed by atoms with Crippen molar-refractivity contribution in [3.63, 3.8) is 0 Å². The summed E-state index contributed by atoms with van der Waals surface area (Å²) in [7, 11) is -3.15. The fraction of sp³-hybridized carbons (Fsp3) is 0.818. The molecule has 0 amide bonds. The Hall–Kier alpha value is -1.11. The van der Waals surface area contributed by atoms with Gasteiger partial charge in [-0.3, -0.25) is 9.59 Å². The Balaban J connectivity index is 2.84. The van der Waals surface area contributed by atoms with Crippen LogP contribution in [-0.2, 0) is 28.9 Å². The van der Waals surface area contributed by atoms with Gasteiger partial charge < -0.3 is 9.47 Å². The zero-order valence-electron chi connectivity index (χ0n) is 10.5. The van der Waals surface area contributed by atoms with E-state index in [2.05, 4.69) is 0 Å². The van der Waals surface area contributed by atoms with Crippen molar-refractivity contribution in [3.05, 3.63) is 0 Å². The summed E-state index contributed by atoms with van der Waals surface area (Å²) in [5.41, 5.74) is 0. The SMILES string of the molecule is CCOC(=O)C(C(=O)OCC)[C@@H]1CCS(=O)(=O)C1. The van der Waals surface area contributed by atoms with Crippen LogP contribution in [0.3, 0.4) is 0 Å². The topological polar surface area (TPSA) is 86.7 Å². The number of esters is 2. The molecule has 0 aromatic carbocycles. The van der Waals surface area contributed by atoms with Crippen molar-refractivity contribution < 1.29 is 27.5 Å². The molecule has 7 heteroatoms. The standard InChI is InChI=1S/C11H18O6S/c1-3-16-10(12)9(11(13)17-4-2)8-5-6-18(14,15)7-8/h8-9H,3-7H2,1-2H3/t8-/m1/s1. The Kier molecular flexibility index (Phi) is 5.13. The third-order valence-electron chi connectivity index (χ3n) is 2.82. The second-order valence-electron chi connectivity index (χ2n) is 4.14. The van der Waals surface area contributed by atoms with Gasteiger partial charge >= 0.3 is 11.9 Å². The molecule has 0 aromatic rings. The molecule has 1 saturated heterocycles. The Bertz CT molecular complexity index is 395. The van der Waals surface area contributed by atoms with Crippen LogP contribution in [0.4, 0.5) is 0 Å². The van der Waals surface area contributed by atoms with Gasteiger partial charge in [-0.2, -0.15) is 0 Å². The van der Waals surface area contributed by atoms with Gasteiger partial charge in [0.05, 0.1) is 24.7 Å². The van der Waals surface area contributed by atoms with E-state index >= 15 is 0 Å². The number of hydrogen-bond donors (Lipinski definition) is 0. The quantitative estimate of drug-likeness (QED) is 0.526.